The molecule has 37 valence electrons. The minimum absolute atomic E-state index is 0. The van der Waals surface area contributed by atoms with E-state index in [1.165, 1.54) is 0 Å². The molecule has 0 aromatic carbocycles. The van der Waals surface area contributed by atoms with Crippen molar-refractivity contribution in [1.82, 2.24) is 0 Å². The van der Waals surface area contributed by atoms with Gasteiger partial charge in [-0.15, -0.1) is 0 Å². The fourth-order valence-electron chi connectivity index (χ4n) is 0. The van der Waals surface area contributed by atoms with Gasteiger partial charge in [0.2, 0.25) is 0 Å². The molecule has 2 heteroatoms. The van der Waals surface area contributed by atoms with Crippen LogP contribution < -0.4 is 0 Å². The van der Waals surface area contributed by atoms with Crippen LogP contribution in [-0.4, -0.2) is 5.78 Å². The summed E-state index contributed by atoms with van der Waals surface area (Å²) in [7, 11) is 0. The molecular formula is C4H7ORe-. The molecule has 0 rings (SSSR count). The van der Waals surface area contributed by atoms with Crippen molar-refractivity contribution in [2.45, 2.75) is 13.3 Å². The summed E-state index contributed by atoms with van der Waals surface area (Å²) in [6.07, 6.45) is 0.556. The minimum atomic E-state index is 0. The quantitative estimate of drug-likeness (QED) is 0.635. The number of rotatable bonds is 1. The summed E-state index contributed by atoms with van der Waals surface area (Å²) in [6.45, 7) is 4.91. The summed E-state index contributed by atoms with van der Waals surface area (Å²) in [5, 5.41) is 0. The smallest absolute Gasteiger partial charge is 0 e. The molecule has 0 fully saturated rings. The summed E-state index contributed by atoms with van der Waals surface area (Å²) in [5.74, 6) is 0.00463. The van der Waals surface area contributed by atoms with E-state index < -0.39 is 0 Å². The van der Waals surface area contributed by atoms with Crippen LogP contribution in [0.15, 0.2) is 0 Å². The Kier molecular flexibility index (Phi) is 8.24. The van der Waals surface area contributed by atoms with E-state index in [0.29, 0.717) is 6.42 Å². The van der Waals surface area contributed by atoms with Gasteiger partial charge < -0.3 is 11.7 Å². The summed E-state index contributed by atoms with van der Waals surface area (Å²) in [4.78, 5) is 9.70. The van der Waals surface area contributed by atoms with Gasteiger partial charge in [0.15, 0.2) is 0 Å². The summed E-state index contributed by atoms with van der Waals surface area (Å²) in [5.41, 5.74) is 0. The van der Waals surface area contributed by atoms with E-state index >= 15 is 0 Å². The predicted molar refractivity (Wildman–Crippen MR) is 20.7 cm³/mol. The Morgan fingerprint density at radius 3 is 2.00 bits per heavy atom. The molecule has 0 unspecified atom stereocenters. The third-order valence-corrected chi connectivity index (χ3v) is 0.394. The fourth-order valence-corrected chi connectivity index (χ4v) is 0. The van der Waals surface area contributed by atoms with Crippen molar-refractivity contribution in [2.75, 3.05) is 0 Å². The van der Waals surface area contributed by atoms with Crippen LogP contribution >= 0.6 is 0 Å². The molecule has 0 aliphatic rings. The van der Waals surface area contributed by atoms with E-state index in [1.807, 2.05) is 0 Å². The van der Waals surface area contributed by atoms with E-state index in [0.717, 1.165) is 0 Å². The number of hydrogen-bond donors (Lipinski definition) is 0. The molecule has 6 heavy (non-hydrogen) atoms. The summed E-state index contributed by atoms with van der Waals surface area (Å²) < 4.78 is 0. The SMILES string of the molecule is [CH2-]C(=O)CC.[Re]. The van der Waals surface area contributed by atoms with Crippen molar-refractivity contribution in [3.05, 3.63) is 6.92 Å². The molecule has 0 bridgehead atoms. The third kappa shape index (κ3) is 8.88. The van der Waals surface area contributed by atoms with Gasteiger partial charge in [0.05, 0.1) is 0 Å². The van der Waals surface area contributed by atoms with Crippen LogP contribution in [0.2, 0.25) is 0 Å². The average molecular weight is 257 g/mol. The second kappa shape index (κ2) is 5.20. The van der Waals surface area contributed by atoms with Crippen molar-refractivity contribution >= 4 is 5.78 Å². The van der Waals surface area contributed by atoms with Gasteiger partial charge in [0.1, 0.15) is 0 Å². The number of ketones is 1. The van der Waals surface area contributed by atoms with Crippen LogP contribution in [0.4, 0.5) is 0 Å². The molecule has 0 aliphatic heterocycles. The third-order valence-electron chi connectivity index (χ3n) is 0.394. The molecule has 0 heterocycles. The molecule has 1 nitrogen and oxygen atoms in total. The molecule has 0 spiro atoms. The standard InChI is InChI=1S/C4H7O.Re/c1-3-4(2)5;/h2-3H2,1H3;/q-1;. The van der Waals surface area contributed by atoms with Gasteiger partial charge >= 0.3 is 0 Å². The Bertz CT molecular complexity index is 42.8. The molecule has 0 aliphatic carbocycles. The summed E-state index contributed by atoms with van der Waals surface area (Å²) >= 11 is 0. The van der Waals surface area contributed by atoms with E-state index in [2.05, 4.69) is 6.92 Å². The normalized spacial score (nSPS) is 6.17. The van der Waals surface area contributed by atoms with Crippen LogP contribution in [0.5, 0.6) is 0 Å². The molecule has 0 saturated heterocycles. The zero-order chi connectivity index (χ0) is 4.28. The van der Waals surface area contributed by atoms with Gasteiger partial charge in [0, 0.05) is 20.4 Å². The van der Waals surface area contributed by atoms with E-state index in [4.69, 9.17) is 0 Å². The number of Topliss-reactive ketones (excluding diaryl/α,β-unsaturated/α-hetero) is 1. The second-order valence-corrected chi connectivity index (χ2v) is 0.892. The van der Waals surface area contributed by atoms with Gasteiger partial charge in [0.25, 0.3) is 0 Å². The van der Waals surface area contributed by atoms with Crippen LogP contribution in [-0.2, 0) is 25.2 Å². The van der Waals surface area contributed by atoms with Gasteiger partial charge in [-0.1, -0.05) is 6.92 Å². The van der Waals surface area contributed by atoms with E-state index in [1.54, 1.807) is 6.92 Å². The topological polar surface area (TPSA) is 17.1 Å². The van der Waals surface area contributed by atoms with E-state index in [9.17, 15) is 4.79 Å². The van der Waals surface area contributed by atoms with Gasteiger partial charge in [-0.3, -0.25) is 0 Å². The zero-order valence-electron chi connectivity index (χ0n) is 3.70. The molecule has 1 radical (unpaired) electrons. The molecule has 0 amide bonds. The van der Waals surface area contributed by atoms with Crippen LogP contribution in [0.3, 0.4) is 0 Å². The zero-order valence-corrected chi connectivity index (χ0v) is 6.42. The van der Waals surface area contributed by atoms with Crippen LogP contribution in [0, 0.1) is 6.92 Å². The first-order valence-corrected chi connectivity index (χ1v) is 1.62. The number of carbonyl (C=O) groups is 1. The maximum atomic E-state index is 9.70. The first kappa shape index (κ1) is 9.51. The molecular weight excluding hydrogens is 250 g/mol. The second-order valence-electron chi connectivity index (χ2n) is 0.892. The minimum Gasteiger partial charge on any atom is -0.339 e. The maximum Gasteiger partial charge on any atom is 0 e. The Balaban J connectivity index is 0. The monoisotopic (exact) mass is 258 g/mol. The molecule has 0 aromatic rings. The van der Waals surface area contributed by atoms with Gasteiger partial charge in [-0.25, -0.2) is 0 Å². The number of hydrogen-bond acceptors (Lipinski definition) is 1. The van der Waals surface area contributed by atoms with Crippen LogP contribution in [0.1, 0.15) is 13.3 Å². The molecule has 0 atom stereocenters. The van der Waals surface area contributed by atoms with Crippen molar-refractivity contribution in [3.8, 4) is 0 Å². The van der Waals surface area contributed by atoms with Crippen LogP contribution in [0.25, 0.3) is 0 Å². The van der Waals surface area contributed by atoms with Crippen molar-refractivity contribution in [3.63, 3.8) is 0 Å². The maximum absolute atomic E-state index is 9.70. The van der Waals surface area contributed by atoms with Crippen molar-refractivity contribution < 1.29 is 25.2 Å². The average Bonchev–Trinajstić information content (AvgIpc) is 1.38. The number of carbonyl (C=O) groups excluding carboxylic acids is 1. The predicted octanol–water partition coefficient (Wildman–Crippen LogP) is 0.797. The van der Waals surface area contributed by atoms with Crippen molar-refractivity contribution in [1.29, 1.82) is 0 Å². The Morgan fingerprint density at radius 1 is 1.83 bits per heavy atom. The molecule has 0 saturated carbocycles. The molecule has 0 N–H and O–H groups in total. The van der Waals surface area contributed by atoms with Gasteiger partial charge in [-0.2, -0.15) is 0 Å². The Hall–Kier alpha value is 0.202. The fraction of sp³-hybridized carbons (Fsp3) is 0.500. The molecule has 0 aromatic heterocycles. The first-order chi connectivity index (χ1) is 2.27. The Labute approximate surface area is 51.8 Å². The largest absolute Gasteiger partial charge is 0.339 e. The van der Waals surface area contributed by atoms with Gasteiger partial charge in [-0.05, 0) is 12.2 Å². The Morgan fingerprint density at radius 2 is 2.00 bits per heavy atom. The van der Waals surface area contributed by atoms with E-state index in [-0.39, 0.29) is 26.2 Å². The van der Waals surface area contributed by atoms with Crippen molar-refractivity contribution in [2.24, 2.45) is 0 Å². The summed E-state index contributed by atoms with van der Waals surface area (Å²) in [6, 6.07) is 0. The first-order valence-electron chi connectivity index (χ1n) is 1.62.